The minimum Gasteiger partial charge on any atom is -0.437 e. The standard InChI is InChI=1S/C23H21N3O2/c27-23(10-9-22-25-20-7-3-4-8-21(20)28-22)26-13-11-16(12-14-26)18-15-24-19-6-2-1-5-17(18)19/h1-10,15-16,24H,11-14H2. The number of nitrogens with one attached hydrogen (secondary N) is 1. The molecule has 1 aliphatic heterocycles. The van der Waals surface area contributed by atoms with Gasteiger partial charge in [0.2, 0.25) is 11.8 Å². The number of hydrogen-bond donors (Lipinski definition) is 1. The third-order valence-electron chi connectivity index (χ3n) is 5.55. The van der Waals surface area contributed by atoms with Gasteiger partial charge < -0.3 is 14.3 Å². The fourth-order valence-corrected chi connectivity index (χ4v) is 4.05. The molecular formula is C23H21N3O2. The molecule has 1 fully saturated rings. The number of H-pyrrole nitrogens is 1. The fraction of sp³-hybridized carbons (Fsp3) is 0.217. The molecule has 28 heavy (non-hydrogen) atoms. The molecule has 1 saturated heterocycles. The Morgan fingerprint density at radius 3 is 2.75 bits per heavy atom. The zero-order valence-electron chi connectivity index (χ0n) is 15.5. The van der Waals surface area contributed by atoms with Gasteiger partial charge in [0.15, 0.2) is 5.58 Å². The van der Waals surface area contributed by atoms with Crippen LogP contribution in [0.15, 0.2) is 65.2 Å². The molecule has 0 bridgehead atoms. The Labute approximate surface area is 162 Å². The number of carbonyl (C=O) groups excluding carboxylic acids is 1. The minimum atomic E-state index is 0.0135. The highest BCUT2D eigenvalue weighted by molar-refractivity contribution is 5.91. The number of nitrogens with zero attached hydrogens (tertiary/aromatic N) is 2. The summed E-state index contributed by atoms with van der Waals surface area (Å²) in [6.45, 7) is 1.53. The lowest BCUT2D eigenvalue weighted by molar-refractivity contribution is -0.126. The number of oxazole rings is 1. The molecule has 0 radical (unpaired) electrons. The van der Waals surface area contributed by atoms with Gasteiger partial charge in [-0.2, -0.15) is 0 Å². The molecule has 140 valence electrons. The first-order valence-electron chi connectivity index (χ1n) is 9.66. The van der Waals surface area contributed by atoms with Gasteiger partial charge in [-0.25, -0.2) is 4.98 Å². The molecule has 0 aliphatic carbocycles. The highest BCUT2D eigenvalue weighted by Gasteiger charge is 2.24. The molecule has 0 unspecified atom stereocenters. The van der Waals surface area contributed by atoms with E-state index in [9.17, 15) is 4.79 Å². The van der Waals surface area contributed by atoms with Crippen LogP contribution in [0.3, 0.4) is 0 Å². The quantitative estimate of drug-likeness (QED) is 0.530. The molecular weight excluding hydrogens is 350 g/mol. The lowest BCUT2D eigenvalue weighted by atomic mass is 9.89. The van der Waals surface area contributed by atoms with Crippen LogP contribution in [0.5, 0.6) is 0 Å². The molecule has 0 atom stereocenters. The van der Waals surface area contributed by atoms with Crippen molar-refractivity contribution in [3.05, 3.63) is 72.3 Å². The first-order valence-corrected chi connectivity index (χ1v) is 9.66. The number of carbonyl (C=O) groups is 1. The van der Waals surface area contributed by atoms with Crippen molar-refractivity contribution in [2.45, 2.75) is 18.8 Å². The summed E-state index contributed by atoms with van der Waals surface area (Å²) in [5, 5.41) is 1.29. The van der Waals surface area contributed by atoms with Crippen LogP contribution in [0.25, 0.3) is 28.1 Å². The molecule has 0 saturated carbocycles. The number of benzene rings is 2. The minimum absolute atomic E-state index is 0.0135. The maximum Gasteiger partial charge on any atom is 0.246 e. The van der Waals surface area contributed by atoms with Gasteiger partial charge in [0.25, 0.3) is 0 Å². The van der Waals surface area contributed by atoms with Crippen LogP contribution in [-0.4, -0.2) is 33.9 Å². The summed E-state index contributed by atoms with van der Waals surface area (Å²) in [7, 11) is 0. The highest BCUT2D eigenvalue weighted by Crippen LogP contribution is 2.33. The van der Waals surface area contributed by atoms with Crippen molar-refractivity contribution in [1.82, 2.24) is 14.9 Å². The topological polar surface area (TPSA) is 62.1 Å². The average Bonchev–Trinajstić information content (AvgIpc) is 3.36. The number of amides is 1. The van der Waals surface area contributed by atoms with E-state index in [2.05, 4.69) is 34.4 Å². The van der Waals surface area contributed by atoms with Crippen LogP contribution >= 0.6 is 0 Å². The van der Waals surface area contributed by atoms with Crippen LogP contribution in [0.1, 0.15) is 30.2 Å². The first-order chi connectivity index (χ1) is 13.8. The van der Waals surface area contributed by atoms with Gasteiger partial charge in [0, 0.05) is 42.3 Å². The molecule has 2 aromatic heterocycles. The Bertz CT molecular complexity index is 1130. The van der Waals surface area contributed by atoms with E-state index in [1.165, 1.54) is 16.5 Å². The second-order valence-electron chi connectivity index (χ2n) is 7.24. The maximum atomic E-state index is 12.6. The summed E-state index contributed by atoms with van der Waals surface area (Å²) in [4.78, 5) is 22.2. The van der Waals surface area contributed by atoms with Gasteiger partial charge in [-0.15, -0.1) is 0 Å². The summed E-state index contributed by atoms with van der Waals surface area (Å²) < 4.78 is 5.64. The number of para-hydroxylation sites is 3. The van der Waals surface area contributed by atoms with Crippen molar-refractivity contribution in [3.63, 3.8) is 0 Å². The van der Waals surface area contributed by atoms with Gasteiger partial charge in [-0.3, -0.25) is 4.79 Å². The van der Waals surface area contributed by atoms with E-state index in [4.69, 9.17) is 4.42 Å². The summed E-state index contributed by atoms with van der Waals surface area (Å²) in [5.41, 5.74) is 4.07. The Hall–Kier alpha value is -3.34. The molecule has 1 N–H and O–H groups in total. The van der Waals surface area contributed by atoms with Gasteiger partial charge in [-0.05, 0) is 42.5 Å². The van der Waals surface area contributed by atoms with Crippen molar-refractivity contribution in [1.29, 1.82) is 0 Å². The number of fused-ring (bicyclic) bond motifs is 2. The van der Waals surface area contributed by atoms with Gasteiger partial charge in [-0.1, -0.05) is 30.3 Å². The average molecular weight is 371 g/mol. The highest BCUT2D eigenvalue weighted by atomic mass is 16.3. The van der Waals surface area contributed by atoms with Gasteiger partial charge in [0.1, 0.15) is 5.52 Å². The van der Waals surface area contributed by atoms with Crippen molar-refractivity contribution >= 4 is 34.0 Å². The zero-order valence-corrected chi connectivity index (χ0v) is 15.5. The molecule has 1 aliphatic rings. The molecule has 1 amide bonds. The number of likely N-dealkylation sites (tertiary alicyclic amines) is 1. The van der Waals surface area contributed by atoms with Crippen LogP contribution in [0, 0.1) is 0 Å². The van der Waals surface area contributed by atoms with Crippen molar-refractivity contribution in [2.24, 2.45) is 0 Å². The van der Waals surface area contributed by atoms with Crippen LogP contribution in [0.4, 0.5) is 0 Å². The van der Waals surface area contributed by atoms with Crippen LogP contribution < -0.4 is 0 Å². The summed E-state index contributed by atoms with van der Waals surface area (Å²) in [5.74, 6) is 0.962. The predicted octanol–water partition coefficient (Wildman–Crippen LogP) is 4.73. The summed E-state index contributed by atoms with van der Waals surface area (Å²) >= 11 is 0. The van der Waals surface area contributed by atoms with Gasteiger partial charge in [0.05, 0.1) is 0 Å². The summed E-state index contributed by atoms with van der Waals surface area (Å²) in [6, 6.07) is 16.0. The second kappa shape index (κ2) is 7.00. The van der Waals surface area contributed by atoms with E-state index < -0.39 is 0 Å². The first kappa shape index (κ1) is 16.8. The van der Waals surface area contributed by atoms with E-state index in [1.54, 1.807) is 12.2 Å². The normalized spacial score (nSPS) is 15.8. The van der Waals surface area contributed by atoms with E-state index >= 15 is 0 Å². The van der Waals surface area contributed by atoms with E-state index in [0.717, 1.165) is 37.0 Å². The third kappa shape index (κ3) is 3.09. The lowest BCUT2D eigenvalue weighted by Crippen LogP contribution is -2.36. The SMILES string of the molecule is O=C(C=Cc1nc2ccccc2o1)N1CCC(c2c[nH]c3ccccc23)CC1. The zero-order chi connectivity index (χ0) is 18.9. The number of hydrogen-bond acceptors (Lipinski definition) is 3. The fourth-order valence-electron chi connectivity index (χ4n) is 4.05. The smallest absolute Gasteiger partial charge is 0.246 e. The Kier molecular flexibility index (Phi) is 4.20. The third-order valence-corrected chi connectivity index (χ3v) is 5.55. The Morgan fingerprint density at radius 1 is 1.11 bits per heavy atom. The molecule has 3 heterocycles. The predicted molar refractivity (Wildman–Crippen MR) is 110 cm³/mol. The van der Waals surface area contributed by atoms with Crippen molar-refractivity contribution < 1.29 is 9.21 Å². The monoisotopic (exact) mass is 371 g/mol. The largest absolute Gasteiger partial charge is 0.437 e. The second-order valence-corrected chi connectivity index (χ2v) is 7.24. The van der Waals surface area contributed by atoms with Crippen molar-refractivity contribution in [2.75, 3.05) is 13.1 Å². The molecule has 5 nitrogen and oxygen atoms in total. The Balaban J connectivity index is 1.24. The molecule has 0 spiro atoms. The molecule has 5 rings (SSSR count). The van der Waals surface area contributed by atoms with E-state index in [0.29, 0.717) is 11.8 Å². The number of aromatic nitrogens is 2. The number of piperidine rings is 1. The Morgan fingerprint density at radius 2 is 1.89 bits per heavy atom. The van der Waals surface area contributed by atoms with E-state index in [-0.39, 0.29) is 5.91 Å². The molecule has 2 aromatic carbocycles. The lowest BCUT2D eigenvalue weighted by Gasteiger charge is -2.31. The summed E-state index contributed by atoms with van der Waals surface area (Å²) in [6.07, 6.45) is 7.30. The number of rotatable bonds is 3. The van der Waals surface area contributed by atoms with Crippen LogP contribution in [-0.2, 0) is 4.79 Å². The maximum absolute atomic E-state index is 12.6. The van der Waals surface area contributed by atoms with E-state index in [1.807, 2.05) is 35.2 Å². The van der Waals surface area contributed by atoms with Crippen LogP contribution in [0.2, 0.25) is 0 Å². The van der Waals surface area contributed by atoms with Gasteiger partial charge >= 0.3 is 0 Å². The number of aromatic amines is 1. The van der Waals surface area contributed by atoms with Crippen molar-refractivity contribution in [3.8, 4) is 0 Å². The molecule has 4 aromatic rings. The molecule has 5 heteroatoms.